The van der Waals surface area contributed by atoms with Crippen molar-refractivity contribution in [2.45, 2.75) is 57.5 Å². The molecule has 2 N–H and O–H groups in total. The summed E-state index contributed by atoms with van der Waals surface area (Å²) < 4.78 is 1.54. The summed E-state index contributed by atoms with van der Waals surface area (Å²) in [7, 11) is 0. The predicted molar refractivity (Wildman–Crippen MR) is 101 cm³/mol. The second kappa shape index (κ2) is 6.04. The number of aromatic amines is 1. The Balaban J connectivity index is 1.42. The van der Waals surface area contributed by atoms with Crippen molar-refractivity contribution in [3.8, 4) is 0 Å². The minimum atomic E-state index is -0.491. The van der Waals surface area contributed by atoms with Crippen LogP contribution in [0.2, 0.25) is 0 Å². The fourth-order valence-corrected chi connectivity index (χ4v) is 5.24. The number of fused-ring (bicyclic) bond motifs is 3. The summed E-state index contributed by atoms with van der Waals surface area (Å²) in [5.41, 5.74) is -0.187. The highest BCUT2D eigenvalue weighted by Gasteiger charge is 2.42. The summed E-state index contributed by atoms with van der Waals surface area (Å²) in [6.45, 7) is 2.08. The Morgan fingerprint density at radius 2 is 2.07 bits per heavy atom. The van der Waals surface area contributed by atoms with Crippen molar-refractivity contribution in [3.63, 3.8) is 0 Å². The van der Waals surface area contributed by atoms with Crippen LogP contribution in [0, 0.1) is 17.8 Å². The van der Waals surface area contributed by atoms with Crippen molar-refractivity contribution in [1.82, 2.24) is 19.9 Å². The second-order valence-corrected chi connectivity index (χ2v) is 8.56. The van der Waals surface area contributed by atoms with Gasteiger partial charge < -0.3 is 5.32 Å². The molecule has 5 rings (SSSR count). The van der Waals surface area contributed by atoms with Gasteiger partial charge in [-0.1, -0.05) is 6.42 Å². The molecule has 0 spiro atoms. The van der Waals surface area contributed by atoms with Gasteiger partial charge >= 0.3 is 5.69 Å². The highest BCUT2D eigenvalue weighted by molar-refractivity contribution is 5.96. The molecule has 2 aromatic heterocycles. The number of carbonyl (C=O) groups excluding carboxylic acids is 1. The first-order chi connectivity index (χ1) is 13.0. The molecule has 4 atom stereocenters. The van der Waals surface area contributed by atoms with Crippen molar-refractivity contribution in [1.29, 1.82) is 0 Å². The molecule has 2 bridgehead atoms. The number of hydrogen-bond acceptors (Lipinski definition) is 4. The molecule has 0 aromatic carbocycles. The predicted octanol–water partition coefficient (Wildman–Crippen LogP) is 1.97. The van der Waals surface area contributed by atoms with Crippen LogP contribution >= 0.6 is 0 Å². The van der Waals surface area contributed by atoms with E-state index in [1.807, 2.05) is 0 Å². The number of aromatic nitrogens is 3. The van der Waals surface area contributed by atoms with E-state index >= 15 is 0 Å². The Morgan fingerprint density at radius 1 is 1.26 bits per heavy atom. The number of hydrogen-bond donors (Lipinski definition) is 2. The molecule has 4 unspecified atom stereocenters. The van der Waals surface area contributed by atoms with E-state index in [2.05, 4.69) is 22.2 Å². The Labute approximate surface area is 156 Å². The Hall–Kier alpha value is -2.44. The molecule has 2 heterocycles. The Kier molecular flexibility index (Phi) is 3.74. The second-order valence-electron chi connectivity index (χ2n) is 8.56. The number of carbonyl (C=O) groups is 1. The van der Waals surface area contributed by atoms with Crippen LogP contribution in [0.25, 0.3) is 11.0 Å². The molecule has 0 aliphatic heterocycles. The zero-order valence-electron chi connectivity index (χ0n) is 15.4. The number of nitrogens with zero attached hydrogens (tertiary/aromatic N) is 2. The largest absolute Gasteiger partial charge is 0.349 e. The molecule has 0 saturated heterocycles. The number of H-pyrrole nitrogens is 1. The summed E-state index contributed by atoms with van der Waals surface area (Å²) in [4.78, 5) is 43.7. The van der Waals surface area contributed by atoms with Crippen molar-refractivity contribution in [2.75, 3.05) is 0 Å². The van der Waals surface area contributed by atoms with E-state index in [9.17, 15) is 14.4 Å². The monoisotopic (exact) mass is 368 g/mol. The van der Waals surface area contributed by atoms with Crippen molar-refractivity contribution in [2.24, 2.45) is 17.8 Å². The Bertz CT molecular complexity index is 1040. The van der Waals surface area contributed by atoms with E-state index in [4.69, 9.17) is 0 Å². The summed E-state index contributed by atoms with van der Waals surface area (Å²) >= 11 is 0. The lowest BCUT2D eigenvalue weighted by Gasteiger charge is -2.28. The minimum absolute atomic E-state index is 0.0989. The first-order valence-corrected chi connectivity index (χ1v) is 9.96. The normalized spacial score (nSPS) is 27.8. The Morgan fingerprint density at radius 3 is 2.74 bits per heavy atom. The van der Waals surface area contributed by atoms with Gasteiger partial charge in [-0.25, -0.2) is 9.78 Å². The molecule has 7 nitrogen and oxygen atoms in total. The van der Waals surface area contributed by atoms with Gasteiger partial charge in [0, 0.05) is 18.3 Å². The molecule has 7 heteroatoms. The van der Waals surface area contributed by atoms with E-state index < -0.39 is 11.2 Å². The van der Waals surface area contributed by atoms with Crippen LogP contribution in [-0.4, -0.2) is 26.5 Å². The zero-order valence-corrected chi connectivity index (χ0v) is 15.4. The average molecular weight is 368 g/mol. The number of nitrogens with one attached hydrogen (secondary N) is 2. The first-order valence-electron chi connectivity index (χ1n) is 9.96. The van der Waals surface area contributed by atoms with Gasteiger partial charge in [-0.15, -0.1) is 0 Å². The number of pyridine rings is 1. The lowest BCUT2D eigenvalue weighted by atomic mass is 9.84. The summed E-state index contributed by atoms with van der Waals surface area (Å²) in [6, 6.07) is 1.77. The molecule has 2 aromatic rings. The molecule has 3 fully saturated rings. The van der Waals surface area contributed by atoms with E-state index in [1.165, 1.54) is 36.4 Å². The lowest BCUT2D eigenvalue weighted by Crippen LogP contribution is -2.40. The molecule has 142 valence electrons. The van der Waals surface area contributed by atoms with Gasteiger partial charge in [0.05, 0.1) is 10.9 Å². The molecular formula is C20H24N4O3. The summed E-state index contributed by atoms with van der Waals surface area (Å²) in [5.74, 6) is 1.91. The highest BCUT2D eigenvalue weighted by atomic mass is 16.2. The van der Waals surface area contributed by atoms with Crippen LogP contribution in [0.5, 0.6) is 0 Å². The summed E-state index contributed by atoms with van der Waals surface area (Å²) in [5, 5.41) is 3.40. The third kappa shape index (κ3) is 2.80. The van der Waals surface area contributed by atoms with Crippen LogP contribution < -0.4 is 16.6 Å². The smallest absolute Gasteiger partial charge is 0.330 e. The fraction of sp³-hybridized carbons (Fsp3) is 0.600. The number of amides is 1. The van der Waals surface area contributed by atoms with Crippen LogP contribution in [0.15, 0.2) is 21.9 Å². The van der Waals surface area contributed by atoms with Crippen molar-refractivity contribution >= 4 is 16.9 Å². The summed E-state index contributed by atoms with van der Waals surface area (Å²) in [6.07, 6.45) is 8.41. The van der Waals surface area contributed by atoms with E-state index in [1.54, 1.807) is 6.07 Å². The maximum absolute atomic E-state index is 12.7. The number of rotatable bonds is 4. The minimum Gasteiger partial charge on any atom is -0.349 e. The van der Waals surface area contributed by atoms with Crippen LogP contribution in [0.3, 0.4) is 0 Å². The van der Waals surface area contributed by atoms with Crippen molar-refractivity contribution in [3.05, 3.63) is 38.7 Å². The molecule has 3 aliphatic carbocycles. The molecule has 27 heavy (non-hydrogen) atoms. The molecular weight excluding hydrogens is 344 g/mol. The molecule has 0 radical (unpaired) electrons. The van der Waals surface area contributed by atoms with Gasteiger partial charge in [0.15, 0.2) is 0 Å². The molecule has 3 saturated carbocycles. The van der Waals surface area contributed by atoms with Gasteiger partial charge in [-0.05, 0) is 62.8 Å². The third-order valence-electron chi connectivity index (χ3n) is 6.75. The SMILES string of the molecule is CC(NC(=O)c1cnc2c(c1)c(=O)[nH]c(=O)n2C1CC1)C1CC2CCC1C2. The lowest BCUT2D eigenvalue weighted by molar-refractivity contribution is 0.0915. The maximum atomic E-state index is 12.7. The van der Waals surface area contributed by atoms with Gasteiger partial charge in [-0.2, -0.15) is 0 Å². The molecule has 1 amide bonds. The van der Waals surface area contributed by atoms with E-state index in [0.717, 1.165) is 24.7 Å². The van der Waals surface area contributed by atoms with Gasteiger partial charge in [0.1, 0.15) is 5.65 Å². The zero-order chi connectivity index (χ0) is 18.7. The van der Waals surface area contributed by atoms with E-state index in [-0.39, 0.29) is 18.0 Å². The average Bonchev–Trinajstić information content (AvgIpc) is 3.24. The first kappa shape index (κ1) is 16.7. The molecule has 3 aliphatic rings. The van der Waals surface area contributed by atoms with Crippen molar-refractivity contribution < 1.29 is 4.79 Å². The van der Waals surface area contributed by atoms with Crippen LogP contribution in [0.1, 0.15) is 61.8 Å². The van der Waals surface area contributed by atoms with Gasteiger partial charge in [0.25, 0.3) is 11.5 Å². The van der Waals surface area contributed by atoms with Crippen LogP contribution in [-0.2, 0) is 0 Å². The quantitative estimate of drug-likeness (QED) is 0.862. The van der Waals surface area contributed by atoms with Crippen LogP contribution in [0.4, 0.5) is 0 Å². The fourth-order valence-electron chi connectivity index (χ4n) is 5.24. The topological polar surface area (TPSA) is 96.8 Å². The van der Waals surface area contributed by atoms with Gasteiger partial charge in [0.2, 0.25) is 0 Å². The maximum Gasteiger partial charge on any atom is 0.330 e. The highest BCUT2D eigenvalue weighted by Crippen LogP contribution is 2.49. The van der Waals surface area contributed by atoms with Gasteiger partial charge in [-0.3, -0.25) is 19.1 Å². The van der Waals surface area contributed by atoms with E-state index in [0.29, 0.717) is 22.5 Å². The third-order valence-corrected chi connectivity index (χ3v) is 6.75. The standard InChI is InChI=1S/C20H24N4O3/c1-10(15-7-11-2-3-12(15)6-11)22-18(25)13-8-16-17(21-9-13)24(14-4-5-14)20(27)23-19(16)26/h8-12,14-15H,2-7H2,1H3,(H,22,25)(H,23,26,27).